The Bertz CT molecular complexity index is 4100. The topological polar surface area (TPSA) is 31.8 Å². The lowest BCUT2D eigenvalue weighted by Gasteiger charge is -2.40. The molecular weight excluding hydrogens is 881 g/mol. The summed E-state index contributed by atoms with van der Waals surface area (Å²) in [4.78, 5) is 11.1. The Kier molecular flexibility index (Phi) is 8.19. The molecule has 0 N–H and O–H groups in total. The molecule has 11 rings (SSSR count). The third-order valence-electron chi connectivity index (χ3n) is 13.8. The summed E-state index contributed by atoms with van der Waals surface area (Å²) in [6.45, 7) is 15.1. The number of fused-ring (bicyclic) bond motifs is 3. The van der Waals surface area contributed by atoms with Crippen molar-refractivity contribution >= 4 is 58.4 Å². The molecule has 0 amide bonds. The van der Waals surface area contributed by atoms with E-state index < -0.39 is 63.3 Å². The number of aromatic nitrogens is 1. The Morgan fingerprint density at radius 3 is 1.77 bits per heavy atom. The molecule has 0 unspecified atom stereocenters. The normalized spacial score (nSPS) is 16.7. The summed E-state index contributed by atoms with van der Waals surface area (Å²) >= 11 is 0. The van der Waals surface area contributed by atoms with Gasteiger partial charge >= 0.3 is 0 Å². The van der Waals surface area contributed by atoms with Crippen LogP contribution in [0.5, 0.6) is 11.5 Å². The van der Waals surface area contributed by atoms with Crippen LogP contribution < -0.4 is 29.8 Å². The van der Waals surface area contributed by atoms with Crippen LogP contribution in [-0.4, -0.2) is 19.7 Å². The van der Waals surface area contributed by atoms with E-state index in [0.717, 1.165) is 61.1 Å². The van der Waals surface area contributed by atoms with Crippen LogP contribution in [0.2, 0.25) is 13.1 Å². The molecule has 8 aromatic carbocycles. The van der Waals surface area contributed by atoms with Crippen LogP contribution in [0.15, 0.2) is 200 Å². The van der Waals surface area contributed by atoms with Gasteiger partial charge < -0.3 is 14.5 Å². The van der Waals surface area contributed by atoms with Gasteiger partial charge in [-0.15, -0.1) is 0 Å². The summed E-state index contributed by atoms with van der Waals surface area (Å²) in [5, 5.41) is 2.12. The Morgan fingerprint density at radius 1 is 0.535 bits per heavy atom. The van der Waals surface area contributed by atoms with Crippen molar-refractivity contribution in [3.63, 3.8) is 0 Å². The maximum absolute atomic E-state index is 9.27. The van der Waals surface area contributed by atoms with Gasteiger partial charge in [0.25, 0.3) is 0 Å². The van der Waals surface area contributed by atoms with Crippen molar-refractivity contribution in [2.75, 3.05) is 21.4 Å². The third kappa shape index (κ3) is 8.40. The van der Waals surface area contributed by atoms with E-state index in [0.29, 0.717) is 22.7 Å². The van der Waals surface area contributed by atoms with Crippen molar-refractivity contribution in [3.05, 3.63) is 217 Å². The smallest absolute Gasteiger partial charge is 0.137 e. The van der Waals surface area contributed by atoms with Gasteiger partial charge in [0.15, 0.2) is 0 Å². The van der Waals surface area contributed by atoms with Gasteiger partial charge in [-0.2, -0.15) is 0 Å². The van der Waals surface area contributed by atoms with Crippen LogP contribution in [0, 0.1) is 6.85 Å². The fourth-order valence-electron chi connectivity index (χ4n) is 9.94. The predicted octanol–water partition coefficient (Wildman–Crippen LogP) is 16.6. The average molecular weight is 956 g/mol. The largest absolute Gasteiger partial charge is 0.457 e. The Balaban J connectivity index is 1.02. The molecule has 0 spiro atoms. The molecule has 9 aromatic rings. The molecule has 71 heavy (non-hydrogen) atoms. The summed E-state index contributed by atoms with van der Waals surface area (Å²) in [6.07, 6.45) is 1.29. The number of benzene rings is 8. The molecule has 6 heteroatoms. The number of ether oxygens (including phenoxy) is 1. The van der Waals surface area contributed by atoms with Crippen LogP contribution in [0.25, 0.3) is 33.4 Å². The third-order valence-corrected chi connectivity index (χ3v) is 17.3. The van der Waals surface area contributed by atoms with Crippen molar-refractivity contribution in [2.45, 2.75) is 72.3 Å². The molecule has 2 aliphatic rings. The van der Waals surface area contributed by atoms with Crippen LogP contribution in [0.3, 0.4) is 0 Å². The minimum atomic E-state index is -2.78. The minimum Gasteiger partial charge on any atom is -0.457 e. The van der Waals surface area contributed by atoms with Gasteiger partial charge in [0.2, 0.25) is 0 Å². The first-order valence-electron chi connectivity index (χ1n) is 30.4. The number of rotatable bonds is 8. The van der Waals surface area contributed by atoms with E-state index in [-0.39, 0.29) is 57.7 Å². The fraction of sp³-hybridized carbons (Fsp3) is 0.185. The number of anilines is 7. The van der Waals surface area contributed by atoms with Crippen molar-refractivity contribution in [1.82, 2.24) is 4.98 Å². The SMILES string of the molecule is [2H]c1c([2H])c([2H])c(-c2cnc(N3c4ccccc4[Si](C)(C)c4ccc(Oc5cccc(N6CN(c7c(-c8cc(C(C)(C)C)cc(C(C)(C)C)c8)cccc7-c7c([2H])c([2H])c([2H])c([2H])c7[2H])c7ccccc76)c5)cc43)cc2C([2H])([2H])[2H])c([2H])c1[2H]. The highest BCUT2D eigenvalue weighted by Gasteiger charge is 2.39. The fourth-order valence-corrected chi connectivity index (χ4v) is 12.9. The number of hydrogen-bond acceptors (Lipinski definition) is 5. The second kappa shape index (κ2) is 17.6. The second-order valence-corrected chi connectivity index (χ2v) is 25.2. The highest BCUT2D eigenvalue weighted by molar-refractivity contribution is 7.02. The van der Waals surface area contributed by atoms with Crippen LogP contribution in [0.4, 0.5) is 39.9 Å². The van der Waals surface area contributed by atoms with Gasteiger partial charge in [-0.3, -0.25) is 4.90 Å². The van der Waals surface area contributed by atoms with Gasteiger partial charge in [0.1, 0.15) is 32.1 Å². The Labute approximate surface area is 440 Å². The number of para-hydroxylation sites is 4. The minimum absolute atomic E-state index is 0.0871. The zero-order chi connectivity index (χ0) is 60.4. The van der Waals surface area contributed by atoms with Gasteiger partial charge in [-0.05, 0) is 104 Å². The lowest BCUT2D eigenvalue weighted by atomic mass is 9.78. The molecular formula is C65H62N4OSi. The van der Waals surface area contributed by atoms with E-state index in [4.69, 9.17) is 24.8 Å². The number of pyridine rings is 1. The van der Waals surface area contributed by atoms with E-state index in [9.17, 15) is 2.74 Å². The summed E-state index contributed by atoms with van der Waals surface area (Å²) in [5.41, 5.74) is 8.32. The van der Waals surface area contributed by atoms with Crippen molar-refractivity contribution < 1.29 is 22.6 Å². The number of nitrogens with zero attached hydrogens (tertiary/aromatic N) is 4. The first kappa shape index (κ1) is 33.0. The molecule has 0 radical (unpaired) electrons. The van der Waals surface area contributed by atoms with Gasteiger partial charge in [-0.1, -0.05) is 194 Å². The van der Waals surface area contributed by atoms with Gasteiger partial charge in [0.05, 0.1) is 36.5 Å². The molecule has 0 bridgehead atoms. The summed E-state index contributed by atoms with van der Waals surface area (Å²) in [7, 11) is -2.46. The van der Waals surface area contributed by atoms with E-state index in [1.165, 1.54) is 12.3 Å². The van der Waals surface area contributed by atoms with Crippen LogP contribution >= 0.6 is 0 Å². The van der Waals surface area contributed by atoms with Crippen molar-refractivity contribution in [1.29, 1.82) is 0 Å². The van der Waals surface area contributed by atoms with E-state index >= 15 is 0 Å². The monoisotopic (exact) mass is 956 g/mol. The van der Waals surface area contributed by atoms with E-state index in [1.54, 1.807) is 0 Å². The molecule has 2 aliphatic heterocycles. The highest BCUT2D eigenvalue weighted by Crippen LogP contribution is 2.51. The molecule has 352 valence electrons. The summed E-state index contributed by atoms with van der Waals surface area (Å²) in [5.74, 6) is 1.25. The highest BCUT2D eigenvalue weighted by atomic mass is 28.3. The first-order chi connectivity index (χ1) is 39.5. The zero-order valence-electron chi connectivity index (χ0n) is 54.2. The number of hydrogen-bond donors (Lipinski definition) is 0. The summed E-state index contributed by atoms with van der Waals surface area (Å²) in [6, 6.07) is 38.8. The summed E-state index contributed by atoms with van der Waals surface area (Å²) < 4.78 is 120. The zero-order valence-corrected chi connectivity index (χ0v) is 42.2. The molecule has 1 aromatic heterocycles. The van der Waals surface area contributed by atoms with Gasteiger partial charge in [-0.25, -0.2) is 4.98 Å². The van der Waals surface area contributed by atoms with Crippen LogP contribution in [0.1, 0.15) is 76.1 Å². The van der Waals surface area contributed by atoms with Gasteiger partial charge in [0, 0.05) is 50.5 Å². The molecule has 0 fully saturated rings. The van der Waals surface area contributed by atoms with Crippen molar-refractivity contribution in [3.8, 4) is 44.9 Å². The quantitative estimate of drug-likeness (QED) is 0.142. The Hall–Kier alpha value is -7.67. The van der Waals surface area contributed by atoms with Crippen LogP contribution in [-0.2, 0) is 10.8 Å². The molecule has 0 aliphatic carbocycles. The predicted molar refractivity (Wildman–Crippen MR) is 303 cm³/mol. The maximum atomic E-state index is 9.27. The molecule has 0 saturated heterocycles. The molecule has 5 nitrogen and oxygen atoms in total. The number of aryl methyl sites for hydroxylation is 1. The molecule has 3 heterocycles. The van der Waals surface area contributed by atoms with E-state index in [1.807, 2.05) is 102 Å². The molecule has 0 saturated carbocycles. The van der Waals surface area contributed by atoms with Crippen molar-refractivity contribution in [2.24, 2.45) is 0 Å². The second-order valence-electron chi connectivity index (χ2n) is 20.8. The maximum Gasteiger partial charge on any atom is 0.137 e. The first-order valence-corrected chi connectivity index (χ1v) is 26.9. The van der Waals surface area contributed by atoms with E-state index in [2.05, 4.69) is 94.8 Å². The standard InChI is InChI=1S/C65H62N4OSi/c1-44-36-62(66-42-55(44)46-24-14-11-15-25-46)69-58-32-18-19-33-60(58)71(8,9)61-35-34-52(41-59(61)69)70-51-27-20-26-50(40-51)67-43-68(57-31-17-16-30-56(57)67)63-53(45-22-12-10-13-23-45)28-21-29-54(63)47-37-48(64(2,3)4)39-49(38-47)65(5,6)7/h10-42H,43H2,1-9H3/i1D3,10D,11D,12D,13D,14D,15D,22D,23D,24D,25D. The lowest BCUT2D eigenvalue weighted by Crippen LogP contribution is -2.58. The average Bonchev–Trinajstić information content (AvgIpc) is 0.994. The Morgan fingerprint density at radius 2 is 1.11 bits per heavy atom. The lowest BCUT2D eigenvalue weighted by molar-refractivity contribution is 0.483. The molecule has 0 atom stereocenters.